The maximum Gasteiger partial charge on any atom is 0.204 e. The van der Waals surface area contributed by atoms with Gasteiger partial charge >= 0.3 is 0 Å². The lowest BCUT2D eigenvalue weighted by Gasteiger charge is -2.06. The summed E-state index contributed by atoms with van der Waals surface area (Å²) in [5, 5.41) is 5.17. The highest BCUT2D eigenvalue weighted by Crippen LogP contribution is 2.39. The van der Waals surface area contributed by atoms with E-state index in [9.17, 15) is 0 Å². The van der Waals surface area contributed by atoms with E-state index >= 15 is 0 Å². The summed E-state index contributed by atoms with van der Waals surface area (Å²) in [7, 11) is 0. The molecule has 5 rings (SSSR count). The van der Waals surface area contributed by atoms with Crippen molar-refractivity contribution in [1.29, 1.82) is 0 Å². The van der Waals surface area contributed by atoms with Crippen LogP contribution >= 0.6 is 27.3 Å². The van der Waals surface area contributed by atoms with Gasteiger partial charge in [0.25, 0.3) is 0 Å². The predicted molar refractivity (Wildman–Crippen MR) is 154 cm³/mol. The second kappa shape index (κ2) is 11.3. The third kappa shape index (κ3) is 6.08. The molecular weight excluding hydrogens is 530 g/mol. The summed E-state index contributed by atoms with van der Waals surface area (Å²) in [5.41, 5.74) is 9.61. The van der Waals surface area contributed by atoms with Crippen LogP contribution in [0.25, 0.3) is 21.7 Å². The van der Waals surface area contributed by atoms with Crippen LogP contribution in [-0.4, -0.2) is 11.2 Å². The van der Waals surface area contributed by atoms with Gasteiger partial charge in [-0.2, -0.15) is 5.10 Å². The van der Waals surface area contributed by atoms with Crippen LogP contribution in [0.2, 0.25) is 0 Å². The molecule has 4 nitrogen and oxygen atoms in total. The maximum absolute atomic E-state index is 5.88. The Labute approximate surface area is 223 Å². The maximum atomic E-state index is 5.88. The Kier molecular flexibility index (Phi) is 7.55. The van der Waals surface area contributed by atoms with Gasteiger partial charge in [0.05, 0.1) is 16.8 Å². The molecule has 0 aliphatic heterocycles. The van der Waals surface area contributed by atoms with Crippen molar-refractivity contribution in [3.05, 3.63) is 124 Å². The molecular formula is C30H24BrN3OS. The number of benzene rings is 4. The summed E-state index contributed by atoms with van der Waals surface area (Å²) >= 11 is 5.05. The van der Waals surface area contributed by atoms with Gasteiger partial charge in [0.15, 0.2) is 0 Å². The lowest BCUT2D eigenvalue weighted by molar-refractivity contribution is 0.306. The van der Waals surface area contributed by atoms with Crippen LogP contribution in [0.5, 0.6) is 5.75 Å². The van der Waals surface area contributed by atoms with E-state index in [1.54, 1.807) is 17.6 Å². The molecule has 178 valence electrons. The number of aryl methyl sites for hydroxylation is 1. The summed E-state index contributed by atoms with van der Waals surface area (Å²) in [6, 6.07) is 34.8. The van der Waals surface area contributed by atoms with Crippen molar-refractivity contribution in [1.82, 2.24) is 4.98 Å². The van der Waals surface area contributed by atoms with Crippen LogP contribution in [-0.2, 0) is 6.61 Å². The molecule has 0 aliphatic carbocycles. The van der Waals surface area contributed by atoms with E-state index < -0.39 is 0 Å². The molecule has 0 amide bonds. The number of halogens is 1. The zero-order valence-corrected chi connectivity index (χ0v) is 22.1. The molecule has 6 heteroatoms. The van der Waals surface area contributed by atoms with E-state index in [1.807, 2.05) is 66.7 Å². The molecule has 5 aromatic rings. The van der Waals surface area contributed by atoms with Crippen LogP contribution < -0.4 is 10.2 Å². The van der Waals surface area contributed by atoms with E-state index in [4.69, 9.17) is 9.72 Å². The van der Waals surface area contributed by atoms with Gasteiger partial charge in [0.2, 0.25) is 5.13 Å². The molecule has 0 bridgehead atoms. The molecule has 36 heavy (non-hydrogen) atoms. The minimum Gasteiger partial charge on any atom is -0.489 e. The fourth-order valence-corrected chi connectivity index (χ4v) is 4.83. The zero-order chi connectivity index (χ0) is 24.7. The Balaban J connectivity index is 1.27. The van der Waals surface area contributed by atoms with E-state index in [0.29, 0.717) is 6.61 Å². The number of nitrogens with one attached hydrogen (secondary N) is 1. The van der Waals surface area contributed by atoms with E-state index in [0.717, 1.165) is 48.2 Å². The number of hydrogen-bond acceptors (Lipinski definition) is 5. The quantitative estimate of drug-likeness (QED) is 0.154. The molecule has 4 aromatic carbocycles. The third-order valence-corrected chi connectivity index (χ3v) is 7.10. The largest absolute Gasteiger partial charge is 0.489 e. The minimum absolute atomic E-state index is 0.527. The first-order valence-electron chi connectivity index (χ1n) is 11.5. The number of ether oxygens (including phenoxy) is 1. The summed E-state index contributed by atoms with van der Waals surface area (Å²) in [4.78, 5) is 5.98. The highest BCUT2D eigenvalue weighted by molar-refractivity contribution is 9.10. The molecule has 0 saturated carbocycles. The van der Waals surface area contributed by atoms with Crippen LogP contribution in [0.15, 0.2) is 113 Å². The Morgan fingerprint density at radius 1 is 0.861 bits per heavy atom. The number of rotatable bonds is 8. The van der Waals surface area contributed by atoms with Crippen molar-refractivity contribution in [3.8, 4) is 27.4 Å². The minimum atomic E-state index is 0.527. The van der Waals surface area contributed by atoms with Crippen molar-refractivity contribution in [2.75, 3.05) is 5.43 Å². The summed E-state index contributed by atoms with van der Waals surface area (Å²) in [5.74, 6) is 0.818. The smallest absolute Gasteiger partial charge is 0.204 e. The molecule has 0 spiro atoms. The van der Waals surface area contributed by atoms with Gasteiger partial charge in [-0.15, -0.1) is 0 Å². The van der Waals surface area contributed by atoms with Gasteiger partial charge in [-0.25, -0.2) is 4.98 Å². The highest BCUT2D eigenvalue weighted by atomic mass is 79.9. The summed E-state index contributed by atoms with van der Waals surface area (Å²) < 4.78 is 6.94. The van der Waals surface area contributed by atoms with Gasteiger partial charge < -0.3 is 4.74 Å². The predicted octanol–water partition coefficient (Wildman–Crippen LogP) is 8.57. The second-order valence-corrected chi connectivity index (χ2v) is 10.2. The lowest BCUT2D eigenvalue weighted by atomic mass is 10.1. The topological polar surface area (TPSA) is 46.5 Å². The van der Waals surface area contributed by atoms with Crippen LogP contribution in [0.4, 0.5) is 5.13 Å². The zero-order valence-electron chi connectivity index (χ0n) is 19.7. The van der Waals surface area contributed by atoms with Crippen LogP contribution in [0.1, 0.15) is 16.7 Å². The normalized spacial score (nSPS) is 11.1. The highest BCUT2D eigenvalue weighted by Gasteiger charge is 2.14. The Hall–Kier alpha value is -3.74. The van der Waals surface area contributed by atoms with Crippen LogP contribution in [0, 0.1) is 6.92 Å². The molecule has 0 fully saturated rings. The molecule has 0 radical (unpaired) electrons. The molecule has 0 aliphatic rings. The number of thiazole rings is 1. The first-order valence-corrected chi connectivity index (χ1v) is 13.1. The standard InChI is InChI=1S/C30H24BrN3OS/c1-21-7-13-24(14-8-21)28-29(25-5-3-2-4-6-25)36-30(33-28)34-32-19-22-11-17-27(18-12-22)35-20-23-9-15-26(31)16-10-23/h2-19H,20H2,1H3,(H,33,34)/b32-19-. The monoisotopic (exact) mass is 553 g/mol. The SMILES string of the molecule is Cc1ccc(-c2nc(N/N=C\c3ccc(OCc4ccc(Br)cc4)cc3)sc2-c2ccccc2)cc1. The lowest BCUT2D eigenvalue weighted by Crippen LogP contribution is -1.95. The number of anilines is 1. The second-order valence-electron chi connectivity index (χ2n) is 8.28. The molecule has 1 heterocycles. The van der Waals surface area contributed by atoms with Crippen molar-refractivity contribution in [3.63, 3.8) is 0 Å². The summed E-state index contributed by atoms with van der Waals surface area (Å²) in [6.45, 7) is 2.62. The third-order valence-electron chi connectivity index (χ3n) is 5.56. The average molecular weight is 555 g/mol. The van der Waals surface area contributed by atoms with Gasteiger partial charge in [-0.05, 0) is 60.0 Å². The molecule has 0 saturated heterocycles. The average Bonchev–Trinajstić information content (AvgIpc) is 3.34. The Morgan fingerprint density at radius 2 is 1.58 bits per heavy atom. The number of hydrogen-bond donors (Lipinski definition) is 1. The molecule has 1 aromatic heterocycles. The first-order chi connectivity index (χ1) is 17.6. The number of aromatic nitrogens is 1. The van der Waals surface area contributed by atoms with Gasteiger partial charge in [-0.3, -0.25) is 5.43 Å². The Morgan fingerprint density at radius 3 is 2.31 bits per heavy atom. The summed E-state index contributed by atoms with van der Waals surface area (Å²) in [6.07, 6.45) is 1.79. The first kappa shape index (κ1) is 24.0. The van der Waals surface area contributed by atoms with E-state index in [2.05, 4.69) is 69.8 Å². The van der Waals surface area contributed by atoms with E-state index in [-0.39, 0.29) is 0 Å². The molecule has 1 N–H and O–H groups in total. The molecule has 0 unspecified atom stereocenters. The van der Waals surface area contributed by atoms with Crippen molar-refractivity contribution >= 4 is 38.6 Å². The fraction of sp³-hybridized carbons (Fsp3) is 0.0667. The van der Waals surface area contributed by atoms with Gasteiger partial charge in [-0.1, -0.05) is 99.6 Å². The van der Waals surface area contributed by atoms with Gasteiger partial charge in [0.1, 0.15) is 12.4 Å². The van der Waals surface area contributed by atoms with Gasteiger partial charge in [0, 0.05) is 10.0 Å². The number of nitrogens with zero attached hydrogens (tertiary/aromatic N) is 2. The number of hydrazone groups is 1. The van der Waals surface area contributed by atoms with E-state index in [1.165, 1.54) is 5.56 Å². The van der Waals surface area contributed by atoms with Crippen molar-refractivity contribution in [2.24, 2.45) is 5.10 Å². The van der Waals surface area contributed by atoms with Crippen molar-refractivity contribution in [2.45, 2.75) is 13.5 Å². The van der Waals surface area contributed by atoms with Crippen LogP contribution in [0.3, 0.4) is 0 Å². The fourth-order valence-electron chi connectivity index (χ4n) is 3.62. The Bertz CT molecular complexity index is 1450. The molecule has 0 atom stereocenters. The van der Waals surface area contributed by atoms with Crippen molar-refractivity contribution < 1.29 is 4.74 Å².